The van der Waals surface area contributed by atoms with Gasteiger partial charge >= 0.3 is 6.18 Å². The van der Waals surface area contributed by atoms with Crippen LogP contribution in [0.3, 0.4) is 0 Å². The van der Waals surface area contributed by atoms with Crippen LogP contribution in [0.4, 0.5) is 18.9 Å². The van der Waals surface area contributed by atoms with Crippen molar-refractivity contribution in [3.63, 3.8) is 0 Å². The van der Waals surface area contributed by atoms with Crippen LogP contribution in [0.25, 0.3) is 22.2 Å². The lowest BCUT2D eigenvalue weighted by Gasteiger charge is -2.23. The number of aromatic amines is 1. The summed E-state index contributed by atoms with van der Waals surface area (Å²) < 4.78 is 37.7. The van der Waals surface area contributed by atoms with Crippen molar-refractivity contribution in [2.75, 3.05) is 11.9 Å². The first kappa shape index (κ1) is 27.4. The average Bonchev–Trinajstić information content (AvgIpc) is 3.32. The first-order valence-corrected chi connectivity index (χ1v) is 12.9. The maximum atomic E-state index is 12.6. The van der Waals surface area contributed by atoms with E-state index in [1.54, 1.807) is 38.5 Å². The molecule has 0 spiro atoms. The molecule has 8 nitrogen and oxygen atoms in total. The van der Waals surface area contributed by atoms with Gasteiger partial charge in [-0.1, -0.05) is 33.1 Å². The molecule has 0 radical (unpaired) electrons. The molecule has 0 bridgehead atoms. The van der Waals surface area contributed by atoms with E-state index in [9.17, 15) is 22.8 Å². The van der Waals surface area contributed by atoms with Gasteiger partial charge in [0.25, 0.3) is 0 Å². The van der Waals surface area contributed by atoms with Crippen molar-refractivity contribution in [3.8, 4) is 11.1 Å². The lowest BCUT2D eigenvalue weighted by Crippen LogP contribution is -2.46. The van der Waals surface area contributed by atoms with Crippen LogP contribution >= 0.6 is 0 Å². The molecule has 3 aromatic rings. The molecule has 1 saturated carbocycles. The minimum atomic E-state index is -4.49. The van der Waals surface area contributed by atoms with Crippen molar-refractivity contribution < 1.29 is 22.8 Å². The Kier molecular flexibility index (Phi) is 8.53. The van der Waals surface area contributed by atoms with E-state index in [-0.39, 0.29) is 17.7 Å². The number of hydrogen-bond acceptors (Lipinski definition) is 5. The fourth-order valence-corrected chi connectivity index (χ4v) is 4.76. The van der Waals surface area contributed by atoms with Gasteiger partial charge in [0.2, 0.25) is 11.8 Å². The lowest BCUT2D eigenvalue weighted by molar-refractivity contribution is -0.139. The fourth-order valence-electron chi connectivity index (χ4n) is 4.76. The molecule has 3 aromatic heterocycles. The van der Waals surface area contributed by atoms with Crippen molar-refractivity contribution in [1.82, 2.24) is 25.6 Å². The zero-order valence-corrected chi connectivity index (χ0v) is 21.5. The van der Waals surface area contributed by atoms with E-state index >= 15 is 0 Å². The Morgan fingerprint density at radius 3 is 2.55 bits per heavy atom. The van der Waals surface area contributed by atoms with Gasteiger partial charge in [-0.2, -0.15) is 13.2 Å². The molecule has 1 unspecified atom stereocenters. The van der Waals surface area contributed by atoms with E-state index in [0.717, 1.165) is 47.8 Å². The predicted octanol–water partition coefficient (Wildman–Crippen LogP) is 4.94. The largest absolute Gasteiger partial charge is 0.405 e. The van der Waals surface area contributed by atoms with Gasteiger partial charge in [-0.3, -0.25) is 14.6 Å². The molecule has 4 N–H and O–H groups in total. The molecule has 204 valence electrons. The molecule has 11 heteroatoms. The van der Waals surface area contributed by atoms with Crippen LogP contribution in [-0.2, 0) is 16.1 Å². The topological polar surface area (TPSA) is 112 Å². The van der Waals surface area contributed by atoms with E-state index in [4.69, 9.17) is 0 Å². The molecule has 0 saturated heterocycles. The monoisotopic (exact) mass is 530 g/mol. The Balaban J connectivity index is 1.49. The third kappa shape index (κ3) is 7.02. The number of halogens is 3. The summed E-state index contributed by atoms with van der Waals surface area (Å²) >= 11 is 0. The quantitative estimate of drug-likeness (QED) is 0.313. The maximum Gasteiger partial charge on any atom is 0.405 e. The van der Waals surface area contributed by atoms with Gasteiger partial charge in [0.15, 0.2) is 0 Å². The highest BCUT2D eigenvalue weighted by Crippen LogP contribution is 2.30. The third-order valence-electron chi connectivity index (χ3n) is 6.81. The van der Waals surface area contributed by atoms with Crippen molar-refractivity contribution >= 4 is 28.5 Å². The molecular formula is C27H33F3N6O2. The fraction of sp³-hybridized carbons (Fsp3) is 0.481. The smallest absolute Gasteiger partial charge is 0.372 e. The Labute approximate surface area is 219 Å². The van der Waals surface area contributed by atoms with Crippen LogP contribution in [0.15, 0.2) is 36.9 Å². The van der Waals surface area contributed by atoms with Gasteiger partial charge in [0.1, 0.15) is 18.2 Å². The van der Waals surface area contributed by atoms with Crippen LogP contribution in [0.2, 0.25) is 0 Å². The number of nitrogens with zero attached hydrogens (tertiary/aromatic N) is 2. The van der Waals surface area contributed by atoms with Gasteiger partial charge in [0, 0.05) is 53.8 Å². The second kappa shape index (κ2) is 11.8. The summed E-state index contributed by atoms with van der Waals surface area (Å²) in [5, 5.41) is 8.85. The molecule has 0 aromatic carbocycles. The molecule has 1 aliphatic carbocycles. The molecule has 1 aliphatic rings. The molecule has 1 atom stereocenters. The minimum Gasteiger partial charge on any atom is -0.372 e. The van der Waals surface area contributed by atoms with Crippen LogP contribution in [0, 0.1) is 11.8 Å². The van der Waals surface area contributed by atoms with Gasteiger partial charge < -0.3 is 20.9 Å². The number of carbonyl (C=O) groups excluding carboxylic acids is 2. The summed E-state index contributed by atoms with van der Waals surface area (Å²) in [5.74, 6) is -0.842. The van der Waals surface area contributed by atoms with E-state index in [2.05, 4.69) is 25.6 Å². The number of amides is 2. The third-order valence-corrected chi connectivity index (χ3v) is 6.81. The number of alkyl halides is 3. The molecule has 1 fully saturated rings. The first-order valence-electron chi connectivity index (χ1n) is 12.9. The minimum absolute atomic E-state index is 0.0785. The Morgan fingerprint density at radius 2 is 1.84 bits per heavy atom. The predicted molar refractivity (Wildman–Crippen MR) is 139 cm³/mol. The summed E-state index contributed by atoms with van der Waals surface area (Å²) in [5.41, 5.74) is 3.61. The first-order chi connectivity index (χ1) is 18.1. The molecule has 2 amide bonds. The number of pyridine rings is 2. The standard InChI is InChI=1S/C27H33F3N6O2/c1-16(2)23(26(38)35-15-27(28,29)30)36-20-9-19(12-31-13-20)22-14-33-24-21(22)8-17(10-32-24)11-34-25(37)18-6-4-3-5-7-18/h8-10,12-14,16,18,23,36H,3-7,11,15H2,1-2H3,(H,32,33)(H,34,37)(H,35,38). The lowest BCUT2D eigenvalue weighted by atomic mass is 9.88. The molecule has 0 aliphatic heterocycles. The maximum absolute atomic E-state index is 12.6. The molecular weight excluding hydrogens is 497 g/mol. The number of carbonyl (C=O) groups is 2. The average molecular weight is 531 g/mol. The Bertz CT molecular complexity index is 1270. The highest BCUT2D eigenvalue weighted by atomic mass is 19.4. The number of anilines is 1. The van der Waals surface area contributed by atoms with Gasteiger partial charge in [0.05, 0.1) is 5.69 Å². The SMILES string of the molecule is CC(C)C(Nc1cncc(-c2c[nH]c3ncc(CNC(=O)C4CCCCC4)cc23)c1)C(=O)NCC(F)(F)F. The zero-order chi connectivity index (χ0) is 27.3. The van der Waals surface area contributed by atoms with E-state index in [0.29, 0.717) is 17.9 Å². The van der Waals surface area contributed by atoms with Crippen molar-refractivity contribution in [3.05, 3.63) is 42.5 Å². The summed E-state index contributed by atoms with van der Waals surface area (Å²) in [6, 6.07) is 2.88. The second-order valence-electron chi connectivity index (χ2n) is 10.2. The molecule has 3 heterocycles. The number of nitrogens with one attached hydrogen (secondary N) is 4. The Hall–Kier alpha value is -3.63. The summed E-state index contributed by atoms with van der Waals surface area (Å²) in [7, 11) is 0. The summed E-state index contributed by atoms with van der Waals surface area (Å²) in [4.78, 5) is 36.9. The van der Waals surface area contributed by atoms with Crippen molar-refractivity contribution in [2.45, 2.75) is 64.7 Å². The van der Waals surface area contributed by atoms with Crippen molar-refractivity contribution in [1.29, 1.82) is 0 Å². The van der Waals surface area contributed by atoms with Crippen LogP contribution in [0.5, 0.6) is 0 Å². The van der Waals surface area contributed by atoms with E-state index in [1.165, 1.54) is 12.6 Å². The van der Waals surface area contributed by atoms with Gasteiger partial charge in [-0.15, -0.1) is 0 Å². The second-order valence-corrected chi connectivity index (χ2v) is 10.2. The highest BCUT2D eigenvalue weighted by molar-refractivity contribution is 5.94. The number of fused-ring (bicyclic) bond motifs is 1. The Morgan fingerprint density at radius 1 is 1.08 bits per heavy atom. The zero-order valence-electron chi connectivity index (χ0n) is 21.5. The molecule has 38 heavy (non-hydrogen) atoms. The number of aromatic nitrogens is 3. The number of hydrogen-bond donors (Lipinski definition) is 4. The number of rotatable bonds is 9. The van der Waals surface area contributed by atoms with Crippen LogP contribution in [0.1, 0.15) is 51.5 Å². The summed E-state index contributed by atoms with van der Waals surface area (Å²) in [6.07, 6.45) is 7.48. The molecule has 4 rings (SSSR count). The van der Waals surface area contributed by atoms with Crippen LogP contribution in [-0.4, -0.2) is 45.5 Å². The highest BCUT2D eigenvalue weighted by Gasteiger charge is 2.30. The normalized spacial score (nSPS) is 15.4. The van der Waals surface area contributed by atoms with E-state index < -0.39 is 24.7 Å². The number of H-pyrrole nitrogens is 1. The van der Waals surface area contributed by atoms with Crippen molar-refractivity contribution in [2.24, 2.45) is 11.8 Å². The summed E-state index contributed by atoms with van der Waals surface area (Å²) in [6.45, 7) is 2.50. The van der Waals surface area contributed by atoms with Gasteiger partial charge in [-0.25, -0.2) is 4.98 Å². The van der Waals surface area contributed by atoms with E-state index in [1.807, 2.05) is 11.4 Å². The van der Waals surface area contributed by atoms with Crippen LogP contribution < -0.4 is 16.0 Å². The van der Waals surface area contributed by atoms with Gasteiger partial charge in [-0.05, 0) is 36.5 Å².